The third-order valence-electron chi connectivity index (χ3n) is 9.08. The topological polar surface area (TPSA) is 116 Å². The highest BCUT2D eigenvalue weighted by Crippen LogP contribution is 2.38. The van der Waals surface area contributed by atoms with E-state index in [1.165, 1.54) is 0 Å². The third kappa shape index (κ3) is 8.21. The van der Waals surface area contributed by atoms with Gasteiger partial charge in [-0.25, -0.2) is 4.85 Å². The summed E-state index contributed by atoms with van der Waals surface area (Å²) in [6, 6.07) is 49.0. The lowest BCUT2D eigenvalue weighted by atomic mass is 10.0. The summed E-state index contributed by atoms with van der Waals surface area (Å²) in [5, 5.41) is 49.5. The van der Waals surface area contributed by atoms with Gasteiger partial charge in [-0.1, -0.05) is 48.6 Å². The van der Waals surface area contributed by atoms with E-state index in [4.69, 9.17) is 6.57 Å². The highest BCUT2D eigenvalue weighted by Gasteiger charge is 2.14. The Labute approximate surface area is 324 Å². The van der Waals surface area contributed by atoms with Crippen LogP contribution < -0.4 is 9.80 Å². The van der Waals surface area contributed by atoms with Crippen molar-refractivity contribution in [3.63, 3.8) is 0 Å². The van der Waals surface area contributed by atoms with E-state index >= 15 is 0 Å². The van der Waals surface area contributed by atoms with E-state index in [1.54, 1.807) is 60.7 Å². The molecule has 56 heavy (non-hydrogen) atoms. The van der Waals surface area contributed by atoms with Crippen molar-refractivity contribution in [1.29, 1.82) is 5.26 Å². The molecule has 0 aliphatic rings. The zero-order valence-electron chi connectivity index (χ0n) is 29.9. The molecule has 7 aromatic carbocycles. The summed E-state index contributed by atoms with van der Waals surface area (Å²) < 4.78 is 0. The average Bonchev–Trinajstić information content (AvgIpc) is 3.23. The van der Waals surface area contributed by atoms with Gasteiger partial charge >= 0.3 is 0 Å². The summed E-state index contributed by atoms with van der Waals surface area (Å²) in [4.78, 5) is 7.78. The van der Waals surface area contributed by atoms with Crippen molar-refractivity contribution in [3.05, 3.63) is 197 Å². The molecule has 0 bridgehead atoms. The van der Waals surface area contributed by atoms with Crippen molar-refractivity contribution >= 4 is 64.1 Å². The first kappa shape index (κ1) is 36.2. The first-order chi connectivity index (χ1) is 27.3. The molecule has 0 unspecified atom stereocenters. The summed E-state index contributed by atoms with van der Waals surface area (Å²) in [5.41, 5.74) is 8.93. The van der Waals surface area contributed by atoms with Crippen molar-refractivity contribution in [3.8, 4) is 29.1 Å². The SMILES string of the molecule is [C-]#[N+]c1cc(/C=C/c2ccc(N(c3ccc(O)cc3)c3ccc(O)cc3)cc2)c(C#N)cc1/C=C/c1ccc(N(c2ccc(O)cc2)c2ccc(O)cc2)cc1. The van der Waals surface area contributed by atoms with Gasteiger partial charge in [0.15, 0.2) is 5.69 Å². The fraction of sp³-hybridized carbons (Fsp3) is 0. The Morgan fingerprint density at radius 3 is 1.04 bits per heavy atom. The number of phenolic OH excluding ortho intramolecular Hbond substituents is 4. The van der Waals surface area contributed by atoms with Crippen LogP contribution in [-0.4, -0.2) is 20.4 Å². The molecule has 7 rings (SSSR count). The predicted octanol–water partition coefficient (Wildman–Crippen LogP) is 12.2. The molecule has 270 valence electrons. The van der Waals surface area contributed by atoms with E-state index in [9.17, 15) is 25.7 Å². The van der Waals surface area contributed by atoms with Gasteiger partial charge in [0.05, 0.1) is 18.2 Å². The van der Waals surface area contributed by atoms with Crippen LogP contribution in [0.2, 0.25) is 0 Å². The first-order valence-corrected chi connectivity index (χ1v) is 17.6. The van der Waals surface area contributed by atoms with Gasteiger partial charge in [0.25, 0.3) is 0 Å². The Hall–Kier alpha value is -8.20. The van der Waals surface area contributed by atoms with Crippen LogP contribution in [0.5, 0.6) is 23.0 Å². The van der Waals surface area contributed by atoms with Gasteiger partial charge in [-0.3, -0.25) is 0 Å². The maximum Gasteiger partial charge on any atom is 0.194 e. The number of benzene rings is 7. The highest BCUT2D eigenvalue weighted by molar-refractivity contribution is 5.84. The van der Waals surface area contributed by atoms with Gasteiger partial charge < -0.3 is 30.2 Å². The molecule has 0 heterocycles. The minimum atomic E-state index is 0.163. The number of hydrogen-bond donors (Lipinski definition) is 4. The van der Waals surface area contributed by atoms with Crippen molar-refractivity contribution in [2.45, 2.75) is 0 Å². The van der Waals surface area contributed by atoms with Gasteiger partial charge in [-0.05, 0) is 156 Å². The molecule has 8 nitrogen and oxygen atoms in total. The molecule has 0 saturated carbocycles. The molecule has 0 aliphatic carbocycles. The summed E-state index contributed by atoms with van der Waals surface area (Å²) in [5.74, 6) is 0.651. The van der Waals surface area contributed by atoms with Crippen LogP contribution in [-0.2, 0) is 0 Å². The highest BCUT2D eigenvalue weighted by atomic mass is 16.3. The van der Waals surface area contributed by atoms with Crippen LogP contribution in [0.3, 0.4) is 0 Å². The number of nitriles is 1. The van der Waals surface area contributed by atoms with E-state index in [1.807, 2.05) is 131 Å². The van der Waals surface area contributed by atoms with Crippen LogP contribution in [0, 0.1) is 17.9 Å². The largest absolute Gasteiger partial charge is 0.508 e. The van der Waals surface area contributed by atoms with Gasteiger partial charge in [-0.2, -0.15) is 5.26 Å². The quantitative estimate of drug-likeness (QED) is 0.0818. The van der Waals surface area contributed by atoms with E-state index < -0.39 is 0 Å². The number of nitrogens with zero attached hydrogens (tertiary/aromatic N) is 4. The molecule has 7 aromatic rings. The van der Waals surface area contributed by atoms with Crippen molar-refractivity contribution < 1.29 is 20.4 Å². The summed E-state index contributed by atoms with van der Waals surface area (Å²) in [7, 11) is 0. The van der Waals surface area contributed by atoms with Gasteiger partial charge in [0.1, 0.15) is 23.0 Å². The number of rotatable bonds is 10. The lowest BCUT2D eigenvalue weighted by Gasteiger charge is -2.25. The Bertz CT molecular complexity index is 2330. The maximum absolute atomic E-state index is 10.1. The maximum atomic E-state index is 10.1. The van der Waals surface area contributed by atoms with Gasteiger partial charge in [0, 0.05) is 34.1 Å². The summed E-state index contributed by atoms with van der Waals surface area (Å²) in [6.07, 6.45) is 7.47. The Balaban J connectivity index is 1.11. The lowest BCUT2D eigenvalue weighted by Crippen LogP contribution is -2.09. The minimum Gasteiger partial charge on any atom is -0.508 e. The number of phenols is 4. The smallest absolute Gasteiger partial charge is 0.194 e. The fourth-order valence-electron chi connectivity index (χ4n) is 6.23. The van der Waals surface area contributed by atoms with Crippen LogP contribution in [0.4, 0.5) is 39.8 Å². The third-order valence-corrected chi connectivity index (χ3v) is 9.08. The fourth-order valence-corrected chi connectivity index (χ4v) is 6.23. The standard InChI is InChI=1S/C48H34N4O4/c1-50-48-31-35(8-2-33-4-10-38(11-5-33)51(40-14-22-44(53)23-15-40)41-16-24-45(54)25-17-41)37(32-49)30-36(48)9-3-34-6-12-39(13-7-34)52(42-18-26-46(55)27-19-42)43-20-28-47(56)29-21-43/h2-31,53-56H/b8-2+,9-3+. The second-order valence-electron chi connectivity index (χ2n) is 12.8. The van der Waals surface area contributed by atoms with Crippen LogP contribution in [0.25, 0.3) is 29.1 Å². The Morgan fingerprint density at radius 1 is 0.429 bits per heavy atom. The van der Waals surface area contributed by atoms with Crippen molar-refractivity contribution in [2.24, 2.45) is 0 Å². The van der Waals surface area contributed by atoms with E-state index in [0.29, 0.717) is 22.4 Å². The predicted molar refractivity (Wildman–Crippen MR) is 224 cm³/mol. The van der Waals surface area contributed by atoms with E-state index in [-0.39, 0.29) is 23.0 Å². The zero-order chi connectivity index (χ0) is 39.0. The number of hydrogen-bond acceptors (Lipinski definition) is 7. The molecule has 0 radical (unpaired) electrons. The molecule has 0 aliphatic heterocycles. The Morgan fingerprint density at radius 2 is 0.732 bits per heavy atom. The Kier molecular flexibility index (Phi) is 10.5. The molecule has 0 saturated heterocycles. The second kappa shape index (κ2) is 16.2. The number of aromatic hydroxyl groups is 4. The normalized spacial score (nSPS) is 11.0. The molecule has 0 atom stereocenters. The molecule has 4 N–H and O–H groups in total. The molecule has 8 heteroatoms. The van der Waals surface area contributed by atoms with Crippen LogP contribution in [0.15, 0.2) is 158 Å². The van der Waals surface area contributed by atoms with Gasteiger partial charge in [0.2, 0.25) is 0 Å². The van der Waals surface area contributed by atoms with Gasteiger partial charge in [-0.15, -0.1) is 0 Å². The second-order valence-corrected chi connectivity index (χ2v) is 12.8. The average molecular weight is 731 g/mol. The van der Waals surface area contributed by atoms with Crippen molar-refractivity contribution in [2.75, 3.05) is 9.80 Å². The molecular formula is C48H34N4O4. The molecule has 0 amide bonds. The zero-order valence-corrected chi connectivity index (χ0v) is 29.9. The van der Waals surface area contributed by atoms with Crippen LogP contribution in [0.1, 0.15) is 27.8 Å². The lowest BCUT2D eigenvalue weighted by molar-refractivity contribution is 0.474. The molecule has 0 fully saturated rings. The van der Waals surface area contributed by atoms with E-state index in [0.717, 1.165) is 45.3 Å². The number of anilines is 6. The van der Waals surface area contributed by atoms with Crippen LogP contribution >= 0.6 is 0 Å². The monoisotopic (exact) mass is 730 g/mol. The summed E-state index contributed by atoms with van der Waals surface area (Å²) in [6.45, 7) is 7.90. The molecular weight excluding hydrogens is 697 g/mol. The first-order valence-electron chi connectivity index (χ1n) is 17.6. The molecule has 0 aromatic heterocycles. The molecule has 0 spiro atoms. The van der Waals surface area contributed by atoms with E-state index in [2.05, 4.69) is 10.9 Å². The van der Waals surface area contributed by atoms with Crippen molar-refractivity contribution in [1.82, 2.24) is 0 Å². The minimum absolute atomic E-state index is 0.163. The summed E-state index contributed by atoms with van der Waals surface area (Å²) >= 11 is 0.